The molecule has 0 heterocycles. The van der Waals surface area contributed by atoms with Crippen molar-refractivity contribution in [1.82, 2.24) is 0 Å². The van der Waals surface area contributed by atoms with Crippen LogP contribution in [0.3, 0.4) is 0 Å². The Balaban J connectivity index is 1.67. The van der Waals surface area contributed by atoms with Crippen molar-refractivity contribution in [3.8, 4) is 11.5 Å². The molecule has 0 atom stereocenters. The van der Waals surface area contributed by atoms with E-state index < -0.39 is 5.97 Å². The van der Waals surface area contributed by atoms with E-state index in [0.717, 1.165) is 20.8 Å². The smallest absolute Gasteiger partial charge is 0.349 e. The van der Waals surface area contributed by atoms with Crippen molar-refractivity contribution in [2.75, 3.05) is 6.61 Å². The van der Waals surface area contributed by atoms with E-state index in [1.165, 1.54) is 0 Å². The van der Waals surface area contributed by atoms with Gasteiger partial charge in [0.2, 0.25) is 0 Å². The summed E-state index contributed by atoms with van der Waals surface area (Å²) in [6.07, 6.45) is 0. The lowest BCUT2D eigenvalue weighted by Crippen LogP contribution is -2.18. The summed E-state index contributed by atoms with van der Waals surface area (Å²) in [7, 11) is 0. The summed E-state index contributed by atoms with van der Waals surface area (Å²) >= 11 is 9.46. The third-order valence-electron chi connectivity index (χ3n) is 3.49. The van der Waals surface area contributed by atoms with Crippen LogP contribution in [0, 0.1) is 6.92 Å². The highest BCUT2D eigenvalue weighted by molar-refractivity contribution is 9.10. The van der Waals surface area contributed by atoms with Gasteiger partial charge in [0, 0.05) is 4.47 Å². The zero-order valence-corrected chi connectivity index (χ0v) is 15.2. The lowest BCUT2D eigenvalue weighted by Gasteiger charge is -2.11. The molecule has 3 nitrogen and oxygen atoms in total. The summed E-state index contributed by atoms with van der Waals surface area (Å²) in [5.41, 5.74) is 0.772. The maximum absolute atomic E-state index is 12.0. The van der Waals surface area contributed by atoms with Gasteiger partial charge in [0.05, 0.1) is 5.02 Å². The monoisotopic (exact) mass is 404 g/mol. The molecule has 0 aromatic heterocycles. The van der Waals surface area contributed by atoms with E-state index in [-0.39, 0.29) is 6.61 Å². The number of carbonyl (C=O) groups excluding carboxylic acids is 1. The van der Waals surface area contributed by atoms with E-state index in [1.807, 2.05) is 55.5 Å². The third kappa shape index (κ3) is 3.89. The summed E-state index contributed by atoms with van der Waals surface area (Å²) in [5, 5.41) is 2.54. The van der Waals surface area contributed by atoms with E-state index in [9.17, 15) is 4.79 Å². The number of benzene rings is 3. The number of halogens is 2. The van der Waals surface area contributed by atoms with Crippen LogP contribution in [0.15, 0.2) is 59.1 Å². The fourth-order valence-electron chi connectivity index (χ4n) is 2.36. The number of aryl methyl sites for hydroxylation is 1. The highest BCUT2D eigenvalue weighted by Gasteiger charge is 2.13. The van der Waals surface area contributed by atoms with Crippen LogP contribution in [0.5, 0.6) is 11.5 Å². The predicted molar refractivity (Wildman–Crippen MR) is 99.0 cm³/mol. The van der Waals surface area contributed by atoms with Gasteiger partial charge in [-0.15, -0.1) is 0 Å². The molecule has 0 amide bonds. The average molecular weight is 406 g/mol. The lowest BCUT2D eigenvalue weighted by molar-refractivity contribution is -0.136. The number of rotatable bonds is 4. The van der Waals surface area contributed by atoms with E-state index in [4.69, 9.17) is 21.1 Å². The molecule has 0 aliphatic carbocycles. The molecule has 5 heteroatoms. The van der Waals surface area contributed by atoms with E-state index >= 15 is 0 Å². The summed E-state index contributed by atoms with van der Waals surface area (Å²) in [4.78, 5) is 12.0. The topological polar surface area (TPSA) is 35.5 Å². The molecule has 0 N–H and O–H groups in total. The predicted octanol–water partition coefficient (Wildman–Crippen LogP) is 5.55. The molecule has 3 aromatic carbocycles. The maximum Gasteiger partial charge on any atom is 0.349 e. The Morgan fingerprint density at radius 2 is 1.83 bits per heavy atom. The molecule has 0 aliphatic heterocycles. The molecule has 0 unspecified atom stereocenters. The second kappa shape index (κ2) is 7.24. The van der Waals surface area contributed by atoms with Crippen molar-refractivity contribution in [3.05, 3.63) is 69.7 Å². The molecule has 0 saturated carbocycles. The van der Waals surface area contributed by atoms with Gasteiger partial charge in [-0.1, -0.05) is 57.9 Å². The molecule has 0 spiro atoms. The number of ether oxygens (including phenoxy) is 2. The van der Waals surface area contributed by atoms with Gasteiger partial charge in [-0.25, -0.2) is 4.79 Å². The lowest BCUT2D eigenvalue weighted by atomic mass is 10.1. The molecule has 0 aliphatic rings. The van der Waals surface area contributed by atoms with Crippen LogP contribution in [0.2, 0.25) is 5.02 Å². The molecule has 0 radical (unpaired) electrons. The Hall–Kier alpha value is -2.04. The van der Waals surface area contributed by atoms with Crippen LogP contribution < -0.4 is 9.47 Å². The van der Waals surface area contributed by atoms with Gasteiger partial charge in [-0.2, -0.15) is 0 Å². The normalized spacial score (nSPS) is 10.6. The molecule has 0 fully saturated rings. The van der Waals surface area contributed by atoms with Gasteiger partial charge < -0.3 is 9.47 Å². The van der Waals surface area contributed by atoms with Gasteiger partial charge in [0.1, 0.15) is 5.75 Å². The van der Waals surface area contributed by atoms with Crippen molar-refractivity contribution >= 4 is 44.3 Å². The van der Waals surface area contributed by atoms with Crippen LogP contribution in [-0.2, 0) is 4.79 Å². The minimum Gasteiger partial charge on any atom is -0.482 e. The first kappa shape index (κ1) is 16.8. The minimum absolute atomic E-state index is 0.190. The number of esters is 1. The van der Waals surface area contributed by atoms with Gasteiger partial charge in [-0.3, -0.25) is 0 Å². The summed E-state index contributed by atoms with van der Waals surface area (Å²) in [6.45, 7) is 1.63. The molecule has 0 saturated heterocycles. The molecule has 3 rings (SSSR count). The van der Waals surface area contributed by atoms with Crippen LogP contribution >= 0.6 is 27.5 Å². The Morgan fingerprint density at radius 1 is 1.08 bits per heavy atom. The molecule has 3 aromatic rings. The van der Waals surface area contributed by atoms with Crippen molar-refractivity contribution in [2.45, 2.75) is 6.92 Å². The second-order valence-corrected chi connectivity index (χ2v) is 6.63. The molecule has 122 valence electrons. The zero-order valence-electron chi connectivity index (χ0n) is 12.9. The van der Waals surface area contributed by atoms with Gasteiger partial charge in [0.15, 0.2) is 12.4 Å². The summed E-state index contributed by atoms with van der Waals surface area (Å²) < 4.78 is 11.7. The summed E-state index contributed by atoms with van der Waals surface area (Å²) in [5.74, 6) is 0.465. The number of hydrogen-bond acceptors (Lipinski definition) is 3. The highest BCUT2D eigenvalue weighted by atomic mass is 79.9. The highest BCUT2D eigenvalue weighted by Crippen LogP contribution is 2.32. The maximum atomic E-state index is 12.0. The van der Waals surface area contributed by atoms with E-state index in [1.54, 1.807) is 6.07 Å². The molecular formula is C19H14BrClO3. The Bertz CT molecular complexity index is 885. The Labute approximate surface area is 153 Å². The van der Waals surface area contributed by atoms with Crippen LogP contribution in [0.1, 0.15) is 5.56 Å². The van der Waals surface area contributed by atoms with Crippen molar-refractivity contribution < 1.29 is 14.3 Å². The minimum atomic E-state index is -0.504. The SMILES string of the molecule is Cc1cc(Br)cc(Cl)c1OC(=O)COc1ccc2ccccc2c1. The Kier molecular flexibility index (Phi) is 5.07. The van der Waals surface area contributed by atoms with Crippen LogP contribution in [-0.4, -0.2) is 12.6 Å². The largest absolute Gasteiger partial charge is 0.482 e. The van der Waals surface area contributed by atoms with E-state index in [2.05, 4.69) is 15.9 Å². The quantitative estimate of drug-likeness (QED) is 0.422. The van der Waals surface area contributed by atoms with Crippen molar-refractivity contribution in [3.63, 3.8) is 0 Å². The number of carbonyl (C=O) groups is 1. The second-order valence-electron chi connectivity index (χ2n) is 5.31. The van der Waals surface area contributed by atoms with Crippen molar-refractivity contribution in [2.24, 2.45) is 0 Å². The Morgan fingerprint density at radius 3 is 2.58 bits per heavy atom. The molecule has 0 bridgehead atoms. The zero-order chi connectivity index (χ0) is 17.1. The van der Waals surface area contributed by atoms with Gasteiger partial charge >= 0.3 is 5.97 Å². The fourth-order valence-corrected chi connectivity index (χ4v) is 3.37. The molecular weight excluding hydrogens is 392 g/mol. The fraction of sp³-hybridized carbons (Fsp3) is 0.105. The summed E-state index contributed by atoms with van der Waals surface area (Å²) in [6, 6.07) is 17.1. The first-order chi connectivity index (χ1) is 11.5. The standard InChI is InChI=1S/C19H14BrClO3/c1-12-8-15(20)10-17(21)19(12)24-18(22)11-23-16-7-6-13-4-2-3-5-14(13)9-16/h2-10H,11H2,1H3. The van der Waals surface area contributed by atoms with Crippen molar-refractivity contribution in [1.29, 1.82) is 0 Å². The third-order valence-corrected chi connectivity index (χ3v) is 4.23. The van der Waals surface area contributed by atoms with Gasteiger partial charge in [0.25, 0.3) is 0 Å². The van der Waals surface area contributed by atoms with E-state index in [0.29, 0.717) is 16.5 Å². The van der Waals surface area contributed by atoms with Crippen LogP contribution in [0.25, 0.3) is 10.8 Å². The number of hydrogen-bond donors (Lipinski definition) is 0. The van der Waals surface area contributed by atoms with Gasteiger partial charge in [-0.05, 0) is 47.5 Å². The average Bonchev–Trinajstić information content (AvgIpc) is 2.56. The molecule has 24 heavy (non-hydrogen) atoms. The first-order valence-electron chi connectivity index (χ1n) is 7.31. The number of fused-ring (bicyclic) bond motifs is 1. The first-order valence-corrected chi connectivity index (χ1v) is 8.48. The van der Waals surface area contributed by atoms with Crippen LogP contribution in [0.4, 0.5) is 0 Å².